The zero-order chi connectivity index (χ0) is 25.8. The minimum absolute atomic E-state index is 0.0426. The fourth-order valence-corrected chi connectivity index (χ4v) is 4.48. The van der Waals surface area contributed by atoms with Crippen molar-refractivity contribution in [1.29, 1.82) is 0 Å². The van der Waals surface area contributed by atoms with Crippen molar-refractivity contribution in [2.45, 2.75) is 45.9 Å². The van der Waals surface area contributed by atoms with Gasteiger partial charge in [0, 0.05) is 17.7 Å². The lowest BCUT2D eigenvalue weighted by Crippen LogP contribution is -2.27. The van der Waals surface area contributed by atoms with Gasteiger partial charge in [0.2, 0.25) is 0 Å². The van der Waals surface area contributed by atoms with Crippen LogP contribution >= 0.6 is 11.5 Å². The number of alkyl halides is 3. The third-order valence-corrected chi connectivity index (χ3v) is 6.12. The zero-order valence-corrected chi connectivity index (χ0v) is 20.8. The Morgan fingerprint density at radius 1 is 1.23 bits per heavy atom. The van der Waals surface area contributed by atoms with E-state index < -0.39 is 23.8 Å². The van der Waals surface area contributed by atoms with Gasteiger partial charge in [0.05, 0.1) is 18.2 Å². The van der Waals surface area contributed by atoms with Crippen LogP contribution in [0.15, 0.2) is 36.4 Å². The number of carboxylic acids is 1. The molecule has 0 aliphatic rings. The molecule has 0 fully saturated rings. The van der Waals surface area contributed by atoms with Crippen molar-refractivity contribution in [3.05, 3.63) is 53.1 Å². The summed E-state index contributed by atoms with van der Waals surface area (Å²) in [5, 5.41) is 9.34. The van der Waals surface area contributed by atoms with E-state index in [1.165, 1.54) is 6.07 Å². The average molecular weight is 508 g/mol. The van der Waals surface area contributed by atoms with Gasteiger partial charge < -0.3 is 9.84 Å². The number of halogens is 3. The predicted molar refractivity (Wildman–Crippen MR) is 130 cm³/mol. The Labute approximate surface area is 206 Å². The SMILES string of the molecule is CCc1c(CCN(C)CC(=O)O)cccc1-c1nsc(-c2ccc(OC(C)C)c(C(F)(F)F)c2)n1. The molecule has 35 heavy (non-hydrogen) atoms. The van der Waals surface area contributed by atoms with Gasteiger partial charge >= 0.3 is 12.1 Å². The molecule has 1 heterocycles. The first-order valence-electron chi connectivity index (χ1n) is 11.2. The molecule has 0 bridgehead atoms. The molecule has 6 nitrogen and oxygen atoms in total. The molecule has 0 saturated heterocycles. The molecule has 0 atom stereocenters. The maximum atomic E-state index is 13.7. The molecule has 0 unspecified atom stereocenters. The second kappa shape index (κ2) is 11.2. The third-order valence-electron chi connectivity index (χ3n) is 5.36. The smallest absolute Gasteiger partial charge is 0.419 e. The van der Waals surface area contributed by atoms with E-state index in [1.807, 2.05) is 25.1 Å². The van der Waals surface area contributed by atoms with E-state index in [0.717, 1.165) is 34.3 Å². The van der Waals surface area contributed by atoms with Crippen LogP contribution < -0.4 is 4.74 Å². The van der Waals surface area contributed by atoms with E-state index in [-0.39, 0.29) is 12.3 Å². The number of hydrogen-bond acceptors (Lipinski definition) is 6. The summed E-state index contributed by atoms with van der Waals surface area (Å²) in [7, 11) is 1.75. The van der Waals surface area contributed by atoms with Crippen LogP contribution in [-0.2, 0) is 23.8 Å². The Kier molecular flexibility index (Phi) is 8.50. The average Bonchev–Trinajstić information content (AvgIpc) is 3.26. The quantitative estimate of drug-likeness (QED) is 0.374. The highest BCUT2D eigenvalue weighted by Gasteiger charge is 2.35. The number of rotatable bonds is 10. The van der Waals surface area contributed by atoms with Gasteiger partial charge in [0.15, 0.2) is 5.82 Å². The summed E-state index contributed by atoms with van der Waals surface area (Å²) in [6, 6.07) is 9.72. The summed E-state index contributed by atoms with van der Waals surface area (Å²) in [6.45, 7) is 5.89. The summed E-state index contributed by atoms with van der Waals surface area (Å²) in [6.07, 6.45) is -3.59. The lowest BCUT2D eigenvalue weighted by atomic mass is 9.96. The van der Waals surface area contributed by atoms with Crippen LogP contribution in [0.2, 0.25) is 0 Å². The van der Waals surface area contributed by atoms with E-state index in [4.69, 9.17) is 9.84 Å². The molecule has 0 radical (unpaired) electrons. The number of ether oxygens (including phenoxy) is 1. The molecule has 1 aromatic heterocycles. The number of carboxylic acid groups (broad SMARTS) is 1. The topological polar surface area (TPSA) is 75.6 Å². The number of hydrogen-bond donors (Lipinski definition) is 1. The number of likely N-dealkylation sites (N-methyl/N-ethyl adjacent to an activating group) is 1. The summed E-state index contributed by atoms with van der Waals surface area (Å²) in [5.41, 5.74) is 2.40. The summed E-state index contributed by atoms with van der Waals surface area (Å²) in [5.74, 6) is -0.637. The van der Waals surface area contributed by atoms with Crippen molar-refractivity contribution in [3.8, 4) is 27.7 Å². The minimum Gasteiger partial charge on any atom is -0.490 e. The van der Waals surface area contributed by atoms with Crippen LogP contribution in [0, 0.1) is 0 Å². The van der Waals surface area contributed by atoms with E-state index in [2.05, 4.69) is 9.36 Å². The van der Waals surface area contributed by atoms with Crippen LogP contribution in [0.3, 0.4) is 0 Å². The first-order valence-corrected chi connectivity index (χ1v) is 12.0. The minimum atomic E-state index is -4.56. The van der Waals surface area contributed by atoms with Crippen molar-refractivity contribution >= 4 is 17.5 Å². The Morgan fingerprint density at radius 3 is 2.60 bits per heavy atom. The van der Waals surface area contributed by atoms with Gasteiger partial charge in [-0.05, 0) is 74.6 Å². The van der Waals surface area contributed by atoms with Gasteiger partial charge in [-0.25, -0.2) is 4.98 Å². The molecule has 3 rings (SSSR count). The van der Waals surface area contributed by atoms with E-state index in [0.29, 0.717) is 35.8 Å². The molecule has 0 amide bonds. The standard InChI is InChI=1S/C25H28F3N3O3S/c1-5-18-16(11-12-31(4)14-22(32)33)7-6-8-19(18)23-29-24(35-30-23)17-9-10-21(34-15(2)3)20(13-17)25(26,27)28/h6-10,13,15H,5,11-12,14H2,1-4H3,(H,32,33). The first-order chi connectivity index (χ1) is 16.5. The monoisotopic (exact) mass is 507 g/mol. The van der Waals surface area contributed by atoms with Gasteiger partial charge in [-0.1, -0.05) is 25.1 Å². The number of benzene rings is 2. The van der Waals surface area contributed by atoms with Crippen molar-refractivity contribution in [1.82, 2.24) is 14.3 Å². The van der Waals surface area contributed by atoms with E-state index >= 15 is 0 Å². The molecule has 3 aromatic rings. The number of nitrogens with zero attached hydrogens (tertiary/aromatic N) is 3. The molecule has 1 N–H and O–H groups in total. The highest BCUT2D eigenvalue weighted by atomic mass is 32.1. The normalized spacial score (nSPS) is 11.9. The van der Waals surface area contributed by atoms with Crippen LogP contribution in [0.25, 0.3) is 22.0 Å². The molecule has 0 aliphatic heterocycles. The fraction of sp³-hybridized carbons (Fsp3) is 0.400. The van der Waals surface area contributed by atoms with Crippen LogP contribution in [0.1, 0.15) is 37.5 Å². The summed E-state index contributed by atoms with van der Waals surface area (Å²) >= 11 is 1.04. The van der Waals surface area contributed by atoms with Crippen LogP contribution in [-0.4, -0.2) is 51.6 Å². The highest BCUT2D eigenvalue weighted by Crippen LogP contribution is 2.40. The Bertz CT molecular complexity index is 1180. The molecule has 0 saturated carbocycles. The fourth-order valence-electron chi connectivity index (χ4n) is 3.81. The molecular formula is C25H28F3N3O3S. The molecule has 188 valence electrons. The largest absolute Gasteiger partial charge is 0.490 e. The highest BCUT2D eigenvalue weighted by molar-refractivity contribution is 7.09. The van der Waals surface area contributed by atoms with Crippen molar-refractivity contribution in [3.63, 3.8) is 0 Å². The molecule has 10 heteroatoms. The Balaban J connectivity index is 1.92. The van der Waals surface area contributed by atoms with Crippen molar-refractivity contribution < 1.29 is 27.8 Å². The summed E-state index contributed by atoms with van der Waals surface area (Å²) < 4.78 is 50.8. The van der Waals surface area contributed by atoms with Gasteiger partial charge in [-0.3, -0.25) is 9.69 Å². The first kappa shape index (κ1) is 26.6. The molecule has 2 aromatic carbocycles. The lowest BCUT2D eigenvalue weighted by molar-refractivity contribution is -0.139. The van der Waals surface area contributed by atoms with Crippen LogP contribution in [0.5, 0.6) is 5.75 Å². The molecule has 0 spiro atoms. The number of aromatic nitrogens is 2. The zero-order valence-electron chi connectivity index (χ0n) is 20.0. The maximum Gasteiger partial charge on any atom is 0.419 e. The molecular weight excluding hydrogens is 479 g/mol. The third kappa shape index (κ3) is 6.79. The summed E-state index contributed by atoms with van der Waals surface area (Å²) in [4.78, 5) is 17.2. The van der Waals surface area contributed by atoms with Gasteiger partial charge in [-0.15, -0.1) is 0 Å². The molecule has 0 aliphatic carbocycles. The second-order valence-corrected chi connectivity index (χ2v) is 9.23. The Morgan fingerprint density at radius 2 is 1.97 bits per heavy atom. The maximum absolute atomic E-state index is 13.7. The van der Waals surface area contributed by atoms with Gasteiger partial charge in [0.25, 0.3) is 0 Å². The lowest BCUT2D eigenvalue weighted by Gasteiger charge is -2.17. The van der Waals surface area contributed by atoms with Gasteiger partial charge in [-0.2, -0.15) is 17.5 Å². The number of aliphatic carboxylic acids is 1. The van der Waals surface area contributed by atoms with Crippen molar-refractivity contribution in [2.24, 2.45) is 0 Å². The van der Waals surface area contributed by atoms with Gasteiger partial charge in [0.1, 0.15) is 10.8 Å². The number of carbonyl (C=O) groups is 1. The second-order valence-electron chi connectivity index (χ2n) is 8.48. The Hall–Kier alpha value is -2.98. The van der Waals surface area contributed by atoms with Crippen molar-refractivity contribution in [2.75, 3.05) is 20.1 Å². The van der Waals surface area contributed by atoms with E-state index in [9.17, 15) is 18.0 Å². The van der Waals surface area contributed by atoms with Crippen LogP contribution in [0.4, 0.5) is 13.2 Å². The predicted octanol–water partition coefficient (Wildman–Crippen LogP) is 5.80. The van der Waals surface area contributed by atoms with E-state index in [1.54, 1.807) is 31.9 Å².